The Morgan fingerprint density at radius 1 is 0.964 bits per heavy atom. The molecule has 0 bridgehead atoms. The van der Waals surface area contributed by atoms with E-state index in [0.717, 1.165) is 16.5 Å². The van der Waals surface area contributed by atoms with Crippen molar-refractivity contribution in [3.63, 3.8) is 0 Å². The smallest absolute Gasteiger partial charge is 0.336 e. The first kappa shape index (κ1) is 17.5. The van der Waals surface area contributed by atoms with E-state index in [1.165, 1.54) is 26.4 Å². The SMILES string of the molecule is COc1cc(OC)nc(Oc2ccc3c(-c4cccnc4)cc(=O)oc3c2)n1. The Morgan fingerprint density at radius 2 is 1.75 bits per heavy atom. The molecule has 8 heteroatoms. The van der Waals surface area contributed by atoms with Crippen molar-refractivity contribution in [1.29, 1.82) is 0 Å². The second-order valence-electron chi connectivity index (χ2n) is 5.72. The summed E-state index contributed by atoms with van der Waals surface area (Å²) in [6, 6.07) is 11.8. The van der Waals surface area contributed by atoms with E-state index >= 15 is 0 Å². The highest BCUT2D eigenvalue weighted by Gasteiger charge is 2.12. The third-order valence-corrected chi connectivity index (χ3v) is 3.97. The van der Waals surface area contributed by atoms with Crippen LogP contribution in [0.15, 0.2) is 64.1 Å². The number of benzene rings is 1. The summed E-state index contributed by atoms with van der Waals surface area (Å²) >= 11 is 0. The Hall–Kier alpha value is -3.94. The Morgan fingerprint density at radius 3 is 2.43 bits per heavy atom. The monoisotopic (exact) mass is 377 g/mol. The first-order chi connectivity index (χ1) is 13.7. The predicted octanol–water partition coefficient (Wildman–Crippen LogP) is 3.45. The molecule has 0 spiro atoms. The third-order valence-electron chi connectivity index (χ3n) is 3.97. The van der Waals surface area contributed by atoms with Crippen molar-refractivity contribution < 1.29 is 18.6 Å². The molecule has 0 atom stereocenters. The average Bonchev–Trinajstić information content (AvgIpc) is 2.73. The summed E-state index contributed by atoms with van der Waals surface area (Å²) in [4.78, 5) is 24.4. The zero-order valence-electron chi connectivity index (χ0n) is 15.1. The van der Waals surface area contributed by atoms with E-state index in [0.29, 0.717) is 23.1 Å². The van der Waals surface area contributed by atoms with Crippen molar-refractivity contribution in [3.05, 3.63) is 65.3 Å². The van der Waals surface area contributed by atoms with Gasteiger partial charge in [0.2, 0.25) is 11.8 Å². The van der Waals surface area contributed by atoms with Crippen LogP contribution in [0.25, 0.3) is 22.1 Å². The van der Waals surface area contributed by atoms with Crippen molar-refractivity contribution in [2.24, 2.45) is 0 Å². The molecule has 0 aliphatic carbocycles. The van der Waals surface area contributed by atoms with Gasteiger partial charge in [-0.05, 0) is 18.2 Å². The van der Waals surface area contributed by atoms with Crippen LogP contribution < -0.4 is 19.8 Å². The molecule has 4 aromatic rings. The molecule has 0 fully saturated rings. The molecule has 0 radical (unpaired) electrons. The molecule has 140 valence electrons. The van der Waals surface area contributed by atoms with Crippen molar-refractivity contribution >= 4 is 11.0 Å². The summed E-state index contributed by atoms with van der Waals surface area (Å²) in [6.45, 7) is 0. The lowest BCUT2D eigenvalue weighted by Crippen LogP contribution is -2.00. The summed E-state index contributed by atoms with van der Waals surface area (Å²) in [5.41, 5.74) is 1.45. The van der Waals surface area contributed by atoms with Crippen LogP contribution in [-0.2, 0) is 0 Å². The maximum Gasteiger partial charge on any atom is 0.336 e. The van der Waals surface area contributed by atoms with E-state index < -0.39 is 5.63 Å². The lowest BCUT2D eigenvalue weighted by atomic mass is 10.0. The van der Waals surface area contributed by atoms with Crippen molar-refractivity contribution in [2.45, 2.75) is 0 Å². The number of pyridine rings is 1. The summed E-state index contributed by atoms with van der Waals surface area (Å²) in [6.07, 6.45) is 3.36. The Bertz CT molecular complexity index is 1170. The minimum atomic E-state index is -0.470. The van der Waals surface area contributed by atoms with E-state index in [1.54, 1.807) is 36.7 Å². The molecule has 4 rings (SSSR count). The fourth-order valence-corrected chi connectivity index (χ4v) is 2.71. The van der Waals surface area contributed by atoms with Gasteiger partial charge in [-0.2, -0.15) is 9.97 Å². The van der Waals surface area contributed by atoms with Gasteiger partial charge in [0.05, 0.1) is 20.3 Å². The van der Waals surface area contributed by atoms with Gasteiger partial charge in [-0.1, -0.05) is 6.07 Å². The molecule has 8 nitrogen and oxygen atoms in total. The van der Waals surface area contributed by atoms with Gasteiger partial charge in [0.15, 0.2) is 0 Å². The number of rotatable bonds is 5. The van der Waals surface area contributed by atoms with Gasteiger partial charge in [-0.25, -0.2) is 4.79 Å². The summed E-state index contributed by atoms with van der Waals surface area (Å²) in [5.74, 6) is 0.996. The third kappa shape index (κ3) is 3.48. The fraction of sp³-hybridized carbons (Fsp3) is 0.100. The van der Waals surface area contributed by atoms with Crippen molar-refractivity contribution in [2.75, 3.05) is 14.2 Å². The van der Waals surface area contributed by atoms with Gasteiger partial charge in [0.25, 0.3) is 0 Å². The second kappa shape index (κ2) is 7.36. The maximum atomic E-state index is 12.0. The van der Waals surface area contributed by atoms with Gasteiger partial charge < -0.3 is 18.6 Å². The summed E-state index contributed by atoms with van der Waals surface area (Å²) in [5, 5.41) is 0.754. The Kier molecular flexibility index (Phi) is 4.59. The van der Waals surface area contributed by atoms with Crippen LogP contribution in [0.1, 0.15) is 0 Å². The van der Waals surface area contributed by atoms with Gasteiger partial charge >= 0.3 is 11.6 Å². The molecule has 3 aromatic heterocycles. The van der Waals surface area contributed by atoms with E-state index in [1.807, 2.05) is 6.07 Å². The lowest BCUT2D eigenvalue weighted by molar-refractivity contribution is 0.348. The second-order valence-corrected chi connectivity index (χ2v) is 5.72. The molecule has 0 aliphatic rings. The molecule has 3 heterocycles. The standard InChI is InChI=1S/C20H15N3O5/c1-25-17-10-18(26-2)23-20(22-17)27-13-5-6-14-15(12-4-3-7-21-11-12)9-19(24)28-16(14)8-13/h3-11H,1-2H3. The normalized spacial score (nSPS) is 10.6. The number of hydrogen-bond acceptors (Lipinski definition) is 8. The summed E-state index contributed by atoms with van der Waals surface area (Å²) in [7, 11) is 2.96. The van der Waals surface area contributed by atoms with Crippen LogP contribution in [0, 0.1) is 0 Å². The predicted molar refractivity (Wildman–Crippen MR) is 101 cm³/mol. The minimum absolute atomic E-state index is 0.0429. The number of ether oxygens (including phenoxy) is 3. The Labute approximate surface area is 159 Å². The summed E-state index contributed by atoms with van der Waals surface area (Å²) < 4.78 is 21.3. The quantitative estimate of drug-likeness (QED) is 0.488. The first-order valence-corrected chi connectivity index (χ1v) is 8.29. The van der Waals surface area contributed by atoms with Gasteiger partial charge in [-0.15, -0.1) is 0 Å². The molecule has 0 aliphatic heterocycles. The Balaban J connectivity index is 1.76. The van der Waals surface area contributed by atoms with Crippen LogP contribution in [0.2, 0.25) is 0 Å². The lowest BCUT2D eigenvalue weighted by Gasteiger charge is -2.09. The van der Waals surface area contributed by atoms with Gasteiger partial charge in [-0.3, -0.25) is 4.98 Å². The number of nitrogens with zero attached hydrogens (tertiary/aromatic N) is 3. The highest BCUT2D eigenvalue weighted by molar-refractivity contribution is 5.93. The van der Waals surface area contributed by atoms with E-state index in [4.69, 9.17) is 18.6 Å². The van der Waals surface area contributed by atoms with Crippen molar-refractivity contribution in [3.8, 4) is 34.6 Å². The van der Waals surface area contributed by atoms with E-state index in [-0.39, 0.29) is 6.01 Å². The molecule has 0 amide bonds. The molecular formula is C20H15N3O5. The van der Waals surface area contributed by atoms with E-state index in [9.17, 15) is 4.79 Å². The fourth-order valence-electron chi connectivity index (χ4n) is 2.71. The molecule has 0 unspecified atom stereocenters. The maximum absolute atomic E-state index is 12.0. The molecular weight excluding hydrogens is 362 g/mol. The van der Waals surface area contributed by atoms with Crippen LogP contribution in [0.4, 0.5) is 0 Å². The molecule has 0 N–H and O–H groups in total. The van der Waals surface area contributed by atoms with Gasteiger partial charge in [0.1, 0.15) is 11.3 Å². The minimum Gasteiger partial charge on any atom is -0.481 e. The highest BCUT2D eigenvalue weighted by atomic mass is 16.5. The number of aromatic nitrogens is 3. The number of methoxy groups -OCH3 is 2. The molecule has 0 saturated carbocycles. The van der Waals surface area contributed by atoms with Crippen LogP contribution >= 0.6 is 0 Å². The zero-order valence-corrected chi connectivity index (χ0v) is 15.1. The number of fused-ring (bicyclic) bond motifs is 1. The van der Waals surface area contributed by atoms with Crippen molar-refractivity contribution in [1.82, 2.24) is 15.0 Å². The van der Waals surface area contributed by atoms with Crippen LogP contribution in [0.3, 0.4) is 0 Å². The molecule has 0 saturated heterocycles. The first-order valence-electron chi connectivity index (χ1n) is 8.29. The van der Waals surface area contributed by atoms with Gasteiger partial charge in [0, 0.05) is 41.0 Å². The van der Waals surface area contributed by atoms with Crippen LogP contribution in [-0.4, -0.2) is 29.2 Å². The number of hydrogen-bond donors (Lipinski definition) is 0. The largest absolute Gasteiger partial charge is 0.481 e. The average molecular weight is 377 g/mol. The van der Waals surface area contributed by atoms with Crippen LogP contribution in [0.5, 0.6) is 23.5 Å². The molecule has 1 aromatic carbocycles. The topological polar surface area (TPSA) is 96.6 Å². The highest BCUT2D eigenvalue weighted by Crippen LogP contribution is 2.31. The zero-order chi connectivity index (χ0) is 19.5. The van der Waals surface area contributed by atoms with E-state index in [2.05, 4.69) is 15.0 Å². The molecule has 28 heavy (non-hydrogen) atoms.